The van der Waals surface area contributed by atoms with Gasteiger partial charge in [0, 0.05) is 0 Å². The number of ether oxygens (including phenoxy) is 1. The number of amides is 1. The predicted octanol–water partition coefficient (Wildman–Crippen LogP) is 2.07. The third kappa shape index (κ3) is 2.56. The Balaban J connectivity index is 2.17. The molecule has 0 saturated heterocycles. The third-order valence-electron chi connectivity index (χ3n) is 2.66. The molecule has 0 spiro atoms. The van der Waals surface area contributed by atoms with E-state index in [0.29, 0.717) is 12.8 Å². The first kappa shape index (κ1) is 12.3. The van der Waals surface area contributed by atoms with E-state index >= 15 is 0 Å². The van der Waals surface area contributed by atoms with Crippen LogP contribution in [0.4, 0.5) is 8.78 Å². The lowest BCUT2D eigenvalue weighted by atomic mass is 10.1. The Morgan fingerprint density at radius 2 is 2.11 bits per heavy atom. The summed E-state index contributed by atoms with van der Waals surface area (Å²) in [6.07, 6.45) is 1.15. The second kappa shape index (κ2) is 4.61. The molecule has 1 aliphatic carbocycles. The number of nitriles is 1. The van der Waals surface area contributed by atoms with E-state index in [4.69, 9.17) is 5.26 Å². The van der Waals surface area contributed by atoms with Crippen LogP contribution in [0.1, 0.15) is 23.2 Å². The molecule has 94 valence electrons. The van der Waals surface area contributed by atoms with Gasteiger partial charge in [0.2, 0.25) is 0 Å². The number of hydrogen-bond acceptors (Lipinski definition) is 3. The van der Waals surface area contributed by atoms with Gasteiger partial charge in [0.1, 0.15) is 11.3 Å². The summed E-state index contributed by atoms with van der Waals surface area (Å²) in [6, 6.07) is 7.69. The average Bonchev–Trinajstić information content (AvgIpc) is 3.09. The highest BCUT2D eigenvalue weighted by atomic mass is 19.3. The number of carbonyl (C=O) groups is 1. The highest BCUT2D eigenvalue weighted by Crippen LogP contribution is 2.35. The van der Waals surface area contributed by atoms with Gasteiger partial charge >= 0.3 is 6.61 Å². The molecule has 6 heteroatoms. The lowest BCUT2D eigenvalue weighted by Gasteiger charge is -2.12. The Hall–Kier alpha value is -2.16. The molecule has 1 aromatic carbocycles. The highest BCUT2D eigenvalue weighted by Gasteiger charge is 2.45. The normalized spacial score (nSPS) is 15.9. The molecule has 1 aromatic rings. The summed E-state index contributed by atoms with van der Waals surface area (Å²) < 4.78 is 28.6. The van der Waals surface area contributed by atoms with Crippen LogP contribution in [0.3, 0.4) is 0 Å². The van der Waals surface area contributed by atoms with Gasteiger partial charge in [0.05, 0.1) is 11.6 Å². The van der Waals surface area contributed by atoms with Crippen LogP contribution in [0.25, 0.3) is 0 Å². The van der Waals surface area contributed by atoms with Crippen molar-refractivity contribution in [1.29, 1.82) is 5.26 Å². The molecule has 0 heterocycles. The maximum Gasteiger partial charge on any atom is 0.387 e. The zero-order valence-corrected chi connectivity index (χ0v) is 9.32. The predicted molar refractivity (Wildman–Crippen MR) is 58.1 cm³/mol. The summed E-state index contributed by atoms with van der Waals surface area (Å²) in [5.74, 6) is -0.774. The van der Waals surface area contributed by atoms with E-state index in [1.165, 1.54) is 18.2 Å². The molecule has 1 N–H and O–H groups in total. The second-order valence-corrected chi connectivity index (χ2v) is 4.02. The van der Waals surface area contributed by atoms with E-state index in [0.717, 1.165) is 0 Å². The molecule has 0 aliphatic heterocycles. The zero-order chi connectivity index (χ0) is 13.2. The number of nitrogens with one attached hydrogen (secondary N) is 1. The van der Waals surface area contributed by atoms with Gasteiger partial charge in [-0.15, -0.1) is 0 Å². The standard InChI is InChI=1S/C12H10F2N2O2/c13-11(14)18-9-4-2-1-3-8(9)10(17)16-12(7-15)5-6-12/h1-4,11H,5-6H2,(H,16,17). The summed E-state index contributed by atoms with van der Waals surface area (Å²) in [6.45, 7) is -3.00. The molecular weight excluding hydrogens is 242 g/mol. The van der Waals surface area contributed by atoms with Crippen molar-refractivity contribution in [3.05, 3.63) is 29.8 Å². The Labute approximate surface area is 102 Å². The average molecular weight is 252 g/mol. The van der Waals surface area contributed by atoms with Crippen molar-refractivity contribution >= 4 is 5.91 Å². The molecule has 1 amide bonds. The summed E-state index contributed by atoms with van der Waals surface area (Å²) >= 11 is 0. The number of para-hydroxylation sites is 1. The molecule has 2 rings (SSSR count). The van der Waals surface area contributed by atoms with E-state index in [1.54, 1.807) is 6.07 Å². The monoisotopic (exact) mass is 252 g/mol. The first-order chi connectivity index (χ1) is 8.56. The molecular formula is C12H10F2N2O2. The second-order valence-electron chi connectivity index (χ2n) is 4.02. The number of halogens is 2. The number of carbonyl (C=O) groups excluding carboxylic acids is 1. The molecule has 0 radical (unpaired) electrons. The van der Waals surface area contributed by atoms with Crippen molar-refractivity contribution in [3.63, 3.8) is 0 Å². The fourth-order valence-corrected chi connectivity index (χ4v) is 1.53. The van der Waals surface area contributed by atoms with Gasteiger partial charge in [-0.1, -0.05) is 12.1 Å². The summed E-state index contributed by atoms with van der Waals surface area (Å²) in [7, 11) is 0. The highest BCUT2D eigenvalue weighted by molar-refractivity contribution is 5.97. The van der Waals surface area contributed by atoms with Crippen molar-refractivity contribution in [2.45, 2.75) is 25.0 Å². The minimum absolute atomic E-state index is 0.000625. The van der Waals surface area contributed by atoms with E-state index in [1.807, 2.05) is 6.07 Å². The van der Waals surface area contributed by atoms with Gasteiger partial charge in [0.15, 0.2) is 0 Å². The Morgan fingerprint density at radius 1 is 1.44 bits per heavy atom. The molecule has 1 aliphatic rings. The Morgan fingerprint density at radius 3 is 2.67 bits per heavy atom. The molecule has 4 nitrogen and oxygen atoms in total. The molecule has 0 unspecified atom stereocenters. The molecule has 0 bridgehead atoms. The molecule has 0 atom stereocenters. The van der Waals surface area contributed by atoms with E-state index < -0.39 is 18.1 Å². The lowest BCUT2D eigenvalue weighted by molar-refractivity contribution is -0.0501. The van der Waals surface area contributed by atoms with Crippen molar-refractivity contribution < 1.29 is 18.3 Å². The smallest absolute Gasteiger partial charge is 0.387 e. The number of rotatable bonds is 4. The largest absolute Gasteiger partial charge is 0.434 e. The van der Waals surface area contributed by atoms with Gasteiger partial charge in [-0.2, -0.15) is 14.0 Å². The van der Waals surface area contributed by atoms with Crippen LogP contribution in [0.2, 0.25) is 0 Å². The summed E-state index contributed by atoms with van der Waals surface area (Å²) in [5.41, 5.74) is -0.839. The SMILES string of the molecule is N#CC1(NC(=O)c2ccccc2OC(F)F)CC1. The third-order valence-corrected chi connectivity index (χ3v) is 2.66. The van der Waals surface area contributed by atoms with Gasteiger partial charge < -0.3 is 10.1 Å². The van der Waals surface area contributed by atoms with Gasteiger partial charge in [0.25, 0.3) is 5.91 Å². The Bertz CT molecular complexity index is 507. The lowest BCUT2D eigenvalue weighted by Crippen LogP contribution is -2.35. The van der Waals surface area contributed by atoms with Gasteiger partial charge in [-0.3, -0.25) is 4.79 Å². The summed E-state index contributed by atoms with van der Waals surface area (Å²) in [5, 5.41) is 11.4. The maximum absolute atomic E-state index is 12.2. The fourth-order valence-electron chi connectivity index (χ4n) is 1.53. The van der Waals surface area contributed by atoms with Crippen molar-refractivity contribution in [3.8, 4) is 11.8 Å². The van der Waals surface area contributed by atoms with Crippen LogP contribution >= 0.6 is 0 Å². The van der Waals surface area contributed by atoms with E-state index in [9.17, 15) is 13.6 Å². The van der Waals surface area contributed by atoms with E-state index in [2.05, 4.69) is 10.1 Å². The number of nitrogens with zero attached hydrogens (tertiary/aromatic N) is 1. The van der Waals surface area contributed by atoms with Crippen LogP contribution < -0.4 is 10.1 Å². The van der Waals surface area contributed by atoms with Crippen LogP contribution in [0.5, 0.6) is 5.75 Å². The number of benzene rings is 1. The molecule has 1 fully saturated rings. The van der Waals surface area contributed by atoms with Gasteiger partial charge in [-0.25, -0.2) is 0 Å². The molecule has 1 saturated carbocycles. The summed E-state index contributed by atoms with van der Waals surface area (Å²) in [4.78, 5) is 11.9. The first-order valence-corrected chi connectivity index (χ1v) is 5.34. The van der Waals surface area contributed by atoms with Crippen molar-refractivity contribution in [2.75, 3.05) is 0 Å². The Kier molecular flexibility index (Phi) is 3.15. The number of alkyl halides is 2. The van der Waals surface area contributed by atoms with Crippen LogP contribution in [-0.2, 0) is 0 Å². The zero-order valence-electron chi connectivity index (χ0n) is 9.32. The maximum atomic E-state index is 12.2. The molecule has 0 aromatic heterocycles. The first-order valence-electron chi connectivity index (χ1n) is 5.34. The van der Waals surface area contributed by atoms with Gasteiger partial charge in [-0.05, 0) is 25.0 Å². The minimum atomic E-state index is -3.00. The van der Waals surface area contributed by atoms with Crippen LogP contribution in [0.15, 0.2) is 24.3 Å². The van der Waals surface area contributed by atoms with Crippen LogP contribution in [0, 0.1) is 11.3 Å². The quantitative estimate of drug-likeness (QED) is 0.892. The van der Waals surface area contributed by atoms with Crippen molar-refractivity contribution in [2.24, 2.45) is 0 Å². The van der Waals surface area contributed by atoms with Crippen molar-refractivity contribution in [1.82, 2.24) is 5.32 Å². The topological polar surface area (TPSA) is 62.1 Å². The van der Waals surface area contributed by atoms with Crippen LogP contribution in [-0.4, -0.2) is 18.1 Å². The minimum Gasteiger partial charge on any atom is -0.434 e. The van der Waals surface area contributed by atoms with E-state index in [-0.39, 0.29) is 11.3 Å². The number of hydrogen-bond donors (Lipinski definition) is 1. The fraction of sp³-hybridized carbons (Fsp3) is 0.333. The molecule has 18 heavy (non-hydrogen) atoms.